The average molecular weight is 275 g/mol. The number of nitrogen functional groups attached to an aromatic ring is 1. The van der Waals surface area contributed by atoms with Crippen LogP contribution in [-0.4, -0.2) is 22.5 Å². The summed E-state index contributed by atoms with van der Waals surface area (Å²) in [5, 5.41) is 0.579. The minimum absolute atomic E-state index is 0.341. The number of esters is 1. The van der Waals surface area contributed by atoms with Crippen LogP contribution in [-0.2, 0) is 4.74 Å². The minimum atomic E-state index is -0.363. The number of benzene rings is 1. The zero-order valence-corrected chi connectivity index (χ0v) is 11.2. The highest BCUT2D eigenvalue weighted by atomic mass is 32.2. The first-order chi connectivity index (χ1) is 9.20. The van der Waals surface area contributed by atoms with E-state index in [4.69, 9.17) is 10.5 Å². The van der Waals surface area contributed by atoms with Crippen LogP contribution in [0.2, 0.25) is 0 Å². The largest absolute Gasteiger partial charge is 0.462 e. The van der Waals surface area contributed by atoms with Crippen LogP contribution in [0, 0.1) is 0 Å². The van der Waals surface area contributed by atoms with Gasteiger partial charge >= 0.3 is 5.97 Å². The van der Waals surface area contributed by atoms with Crippen LogP contribution in [0.25, 0.3) is 0 Å². The number of ether oxygens (including phenoxy) is 1. The Bertz CT molecular complexity index is 575. The molecule has 98 valence electrons. The molecule has 1 heterocycles. The summed E-state index contributed by atoms with van der Waals surface area (Å²) >= 11 is 1.31. The molecule has 0 aliphatic carbocycles. The average Bonchev–Trinajstić information content (AvgIpc) is 2.42. The molecule has 0 radical (unpaired) electrons. The summed E-state index contributed by atoms with van der Waals surface area (Å²) in [5.74, 6) is -0.363. The molecule has 0 spiro atoms. The molecule has 2 N–H and O–H groups in total. The maximum atomic E-state index is 11.7. The number of rotatable bonds is 4. The van der Waals surface area contributed by atoms with Crippen molar-refractivity contribution in [2.45, 2.75) is 17.0 Å². The first-order valence-electron chi connectivity index (χ1n) is 5.72. The number of nitrogens with zero attached hydrogens (tertiary/aromatic N) is 2. The maximum absolute atomic E-state index is 11.7. The van der Waals surface area contributed by atoms with E-state index in [1.54, 1.807) is 43.6 Å². The second kappa shape index (κ2) is 6.19. The maximum Gasteiger partial charge on any atom is 0.338 e. The number of nitrogens with two attached hydrogens (primary N) is 1. The Hall–Kier alpha value is -2.08. The van der Waals surface area contributed by atoms with Crippen molar-refractivity contribution in [1.82, 2.24) is 9.97 Å². The van der Waals surface area contributed by atoms with Gasteiger partial charge in [0.15, 0.2) is 5.16 Å². The van der Waals surface area contributed by atoms with Gasteiger partial charge in [-0.1, -0.05) is 0 Å². The lowest BCUT2D eigenvalue weighted by Crippen LogP contribution is -2.05. The van der Waals surface area contributed by atoms with Gasteiger partial charge in [-0.3, -0.25) is 0 Å². The fourth-order valence-electron chi connectivity index (χ4n) is 1.40. The van der Waals surface area contributed by atoms with Gasteiger partial charge in [0.1, 0.15) is 0 Å². The number of carbonyl (C=O) groups excluding carboxylic acids is 1. The molecule has 2 aromatic rings. The van der Waals surface area contributed by atoms with Crippen LogP contribution in [0.15, 0.2) is 46.7 Å². The smallest absolute Gasteiger partial charge is 0.338 e. The third-order valence-electron chi connectivity index (χ3n) is 2.27. The summed E-state index contributed by atoms with van der Waals surface area (Å²) in [6.07, 6.45) is 3.31. The van der Waals surface area contributed by atoms with E-state index in [-0.39, 0.29) is 5.97 Å². The zero-order chi connectivity index (χ0) is 13.7. The van der Waals surface area contributed by atoms with Crippen molar-refractivity contribution < 1.29 is 9.53 Å². The predicted molar refractivity (Wildman–Crippen MR) is 73.0 cm³/mol. The van der Waals surface area contributed by atoms with Gasteiger partial charge in [0.2, 0.25) is 0 Å². The van der Waals surface area contributed by atoms with Gasteiger partial charge in [-0.25, -0.2) is 14.8 Å². The molecule has 0 saturated carbocycles. The van der Waals surface area contributed by atoms with E-state index in [1.165, 1.54) is 11.8 Å². The van der Waals surface area contributed by atoms with Crippen LogP contribution in [0.5, 0.6) is 0 Å². The molecule has 0 bridgehead atoms. The molecule has 0 amide bonds. The fourth-order valence-corrected chi connectivity index (χ4v) is 2.20. The van der Waals surface area contributed by atoms with E-state index in [2.05, 4.69) is 9.97 Å². The number of aromatic nitrogens is 2. The Labute approximate surface area is 115 Å². The second-order valence-corrected chi connectivity index (χ2v) is 4.62. The van der Waals surface area contributed by atoms with Crippen LogP contribution in [0.4, 0.5) is 5.69 Å². The number of hydrogen-bond acceptors (Lipinski definition) is 6. The first kappa shape index (κ1) is 13.4. The molecule has 5 nitrogen and oxygen atoms in total. The van der Waals surface area contributed by atoms with Gasteiger partial charge in [-0.15, -0.1) is 0 Å². The SMILES string of the molecule is CCOC(=O)c1ccc(N)c(Sc2ncccn2)c1. The monoisotopic (exact) mass is 275 g/mol. The van der Waals surface area contributed by atoms with Crippen molar-refractivity contribution >= 4 is 23.4 Å². The molecule has 19 heavy (non-hydrogen) atoms. The van der Waals surface area contributed by atoms with E-state index < -0.39 is 0 Å². The van der Waals surface area contributed by atoms with E-state index in [1.807, 2.05) is 0 Å². The molecule has 1 aromatic carbocycles. The standard InChI is InChI=1S/C13H13N3O2S/c1-2-18-12(17)9-4-5-10(14)11(8-9)19-13-15-6-3-7-16-13/h3-8H,2,14H2,1H3. The lowest BCUT2D eigenvalue weighted by atomic mass is 10.2. The first-order valence-corrected chi connectivity index (χ1v) is 6.54. The van der Waals surface area contributed by atoms with Crippen molar-refractivity contribution in [1.29, 1.82) is 0 Å². The highest BCUT2D eigenvalue weighted by Crippen LogP contribution is 2.30. The summed E-state index contributed by atoms with van der Waals surface area (Å²) < 4.78 is 4.95. The normalized spacial score (nSPS) is 10.2. The highest BCUT2D eigenvalue weighted by molar-refractivity contribution is 7.99. The van der Waals surface area contributed by atoms with E-state index in [0.29, 0.717) is 23.0 Å². The van der Waals surface area contributed by atoms with Gasteiger partial charge in [-0.05, 0) is 43.0 Å². The van der Waals surface area contributed by atoms with E-state index in [9.17, 15) is 4.79 Å². The topological polar surface area (TPSA) is 78.1 Å². The van der Waals surface area contributed by atoms with E-state index in [0.717, 1.165) is 4.90 Å². The number of anilines is 1. The molecule has 0 fully saturated rings. The summed E-state index contributed by atoms with van der Waals surface area (Å²) in [6, 6.07) is 6.75. The molecule has 0 unspecified atom stereocenters. The van der Waals surface area contributed by atoms with Crippen LogP contribution < -0.4 is 5.73 Å². The Morgan fingerprint density at radius 3 is 2.79 bits per heavy atom. The Morgan fingerprint density at radius 2 is 2.11 bits per heavy atom. The highest BCUT2D eigenvalue weighted by Gasteiger charge is 2.11. The molecular weight excluding hydrogens is 262 g/mol. The minimum Gasteiger partial charge on any atom is -0.462 e. The molecular formula is C13H13N3O2S. The van der Waals surface area contributed by atoms with Crippen LogP contribution in [0.1, 0.15) is 17.3 Å². The van der Waals surface area contributed by atoms with Gasteiger partial charge in [0.25, 0.3) is 0 Å². The summed E-state index contributed by atoms with van der Waals surface area (Å²) in [4.78, 5) is 20.6. The zero-order valence-electron chi connectivity index (χ0n) is 10.4. The summed E-state index contributed by atoms with van der Waals surface area (Å²) in [5.41, 5.74) is 6.92. The predicted octanol–water partition coefficient (Wildman–Crippen LogP) is 2.39. The lowest BCUT2D eigenvalue weighted by Gasteiger charge is -2.07. The molecule has 0 saturated heterocycles. The van der Waals surface area contributed by atoms with Crippen molar-refractivity contribution in [3.05, 3.63) is 42.2 Å². The third kappa shape index (κ3) is 3.45. The molecule has 2 rings (SSSR count). The molecule has 1 aromatic heterocycles. The number of carbonyl (C=O) groups is 1. The second-order valence-electron chi connectivity index (χ2n) is 3.61. The van der Waals surface area contributed by atoms with Gasteiger partial charge in [0, 0.05) is 23.0 Å². The van der Waals surface area contributed by atoms with Crippen molar-refractivity contribution in [3.8, 4) is 0 Å². The summed E-state index contributed by atoms with van der Waals surface area (Å²) in [6.45, 7) is 2.11. The Kier molecular flexibility index (Phi) is 4.35. The summed E-state index contributed by atoms with van der Waals surface area (Å²) in [7, 11) is 0. The third-order valence-corrected chi connectivity index (χ3v) is 3.23. The van der Waals surface area contributed by atoms with Crippen LogP contribution in [0.3, 0.4) is 0 Å². The van der Waals surface area contributed by atoms with Gasteiger partial charge < -0.3 is 10.5 Å². The van der Waals surface area contributed by atoms with Crippen LogP contribution >= 0.6 is 11.8 Å². The Balaban J connectivity index is 2.25. The van der Waals surface area contributed by atoms with E-state index >= 15 is 0 Å². The lowest BCUT2D eigenvalue weighted by molar-refractivity contribution is 0.0526. The fraction of sp³-hybridized carbons (Fsp3) is 0.154. The van der Waals surface area contributed by atoms with Crippen molar-refractivity contribution in [3.63, 3.8) is 0 Å². The van der Waals surface area contributed by atoms with Gasteiger partial charge in [-0.2, -0.15) is 0 Å². The molecule has 0 aliphatic rings. The van der Waals surface area contributed by atoms with Crippen molar-refractivity contribution in [2.75, 3.05) is 12.3 Å². The molecule has 0 atom stereocenters. The van der Waals surface area contributed by atoms with Gasteiger partial charge in [0.05, 0.1) is 12.2 Å². The van der Waals surface area contributed by atoms with Crippen molar-refractivity contribution in [2.24, 2.45) is 0 Å². The molecule has 0 aliphatic heterocycles. The molecule has 6 heteroatoms. The Morgan fingerprint density at radius 1 is 1.37 bits per heavy atom. The number of hydrogen-bond donors (Lipinski definition) is 1. The quantitative estimate of drug-likeness (QED) is 0.524.